The fourth-order valence-electron chi connectivity index (χ4n) is 2.24. The Morgan fingerprint density at radius 2 is 1.93 bits per heavy atom. The molecule has 1 fully saturated rings. The van der Waals surface area contributed by atoms with E-state index < -0.39 is 0 Å². The summed E-state index contributed by atoms with van der Waals surface area (Å²) in [4.78, 5) is 17.2. The first kappa shape index (κ1) is 19.8. The smallest absolute Gasteiger partial charge is 0.264 e. The van der Waals surface area contributed by atoms with E-state index in [1.165, 1.54) is 11.8 Å². The van der Waals surface area contributed by atoms with Crippen molar-refractivity contribution >= 4 is 57.8 Å². The predicted octanol–water partition coefficient (Wildman–Crippen LogP) is 5.92. The monoisotopic (exact) mass is 420 g/mol. The van der Waals surface area contributed by atoms with Gasteiger partial charge in [-0.2, -0.15) is 0 Å². The first-order chi connectivity index (χ1) is 12.9. The Hall–Kier alpha value is -1.95. The standard InChI is InChI=1S/C20H18Cl2N2O2S/c1-12(2)11-26-14-8-6-13(7-9-14)10-17-19(25)24-20(27-17)23-16-5-3-4-15(21)18(16)22/h3-10,12H,11H2,1-2H3,(H,23,24,25)/b17-10-. The van der Waals surface area contributed by atoms with Gasteiger partial charge in [0.2, 0.25) is 0 Å². The number of thioether (sulfide) groups is 1. The van der Waals surface area contributed by atoms with Crippen LogP contribution in [0.5, 0.6) is 5.75 Å². The van der Waals surface area contributed by atoms with Crippen LogP contribution in [0, 0.1) is 5.92 Å². The molecule has 2 aromatic rings. The van der Waals surface area contributed by atoms with Gasteiger partial charge < -0.3 is 10.1 Å². The number of ether oxygens (including phenoxy) is 1. The second-order valence-corrected chi connectivity index (χ2v) is 8.14. The summed E-state index contributed by atoms with van der Waals surface area (Å²) in [5.74, 6) is 1.08. The van der Waals surface area contributed by atoms with Gasteiger partial charge in [-0.1, -0.05) is 55.2 Å². The topological polar surface area (TPSA) is 50.7 Å². The van der Waals surface area contributed by atoms with Crippen LogP contribution in [-0.4, -0.2) is 17.7 Å². The minimum absolute atomic E-state index is 0.197. The molecule has 0 aliphatic carbocycles. The van der Waals surface area contributed by atoms with E-state index in [0.717, 1.165) is 11.3 Å². The second-order valence-electron chi connectivity index (χ2n) is 6.33. The lowest BCUT2D eigenvalue weighted by molar-refractivity contribution is -0.115. The number of benzene rings is 2. The van der Waals surface area contributed by atoms with E-state index in [2.05, 4.69) is 24.2 Å². The maximum Gasteiger partial charge on any atom is 0.264 e. The van der Waals surface area contributed by atoms with Crippen LogP contribution in [0.3, 0.4) is 0 Å². The van der Waals surface area contributed by atoms with Crippen molar-refractivity contribution in [1.29, 1.82) is 0 Å². The molecule has 4 nitrogen and oxygen atoms in total. The minimum atomic E-state index is -0.197. The van der Waals surface area contributed by atoms with Crippen molar-refractivity contribution in [3.05, 3.63) is 63.0 Å². The average Bonchev–Trinajstić information content (AvgIpc) is 2.97. The number of carbonyl (C=O) groups excluding carboxylic acids is 1. The van der Waals surface area contributed by atoms with Crippen molar-refractivity contribution in [1.82, 2.24) is 5.32 Å². The molecular formula is C20H18Cl2N2O2S. The van der Waals surface area contributed by atoms with Crippen molar-refractivity contribution in [3.8, 4) is 5.75 Å². The van der Waals surface area contributed by atoms with Crippen LogP contribution >= 0.6 is 35.0 Å². The molecule has 1 heterocycles. The predicted molar refractivity (Wildman–Crippen MR) is 114 cm³/mol. The van der Waals surface area contributed by atoms with Crippen LogP contribution < -0.4 is 10.1 Å². The first-order valence-electron chi connectivity index (χ1n) is 8.39. The Bertz CT molecular complexity index is 909. The molecule has 1 aliphatic rings. The minimum Gasteiger partial charge on any atom is -0.493 e. The molecule has 1 N–H and O–H groups in total. The molecule has 0 aromatic heterocycles. The highest BCUT2D eigenvalue weighted by Gasteiger charge is 2.24. The van der Waals surface area contributed by atoms with Gasteiger partial charge in [-0.15, -0.1) is 0 Å². The Labute approximate surface area is 172 Å². The van der Waals surface area contributed by atoms with Gasteiger partial charge in [0.1, 0.15) is 5.75 Å². The van der Waals surface area contributed by atoms with E-state index in [0.29, 0.717) is 38.3 Å². The lowest BCUT2D eigenvalue weighted by Crippen LogP contribution is -2.19. The number of nitrogens with zero attached hydrogens (tertiary/aromatic N) is 1. The number of halogens is 2. The third kappa shape index (κ3) is 5.28. The SMILES string of the molecule is CC(C)COc1ccc(/C=C2\SC(=Nc3cccc(Cl)c3Cl)NC2=O)cc1. The number of rotatable bonds is 5. The summed E-state index contributed by atoms with van der Waals surface area (Å²) in [5.41, 5.74) is 1.42. The molecule has 1 aliphatic heterocycles. The summed E-state index contributed by atoms with van der Waals surface area (Å²) in [6.07, 6.45) is 1.81. The molecule has 3 rings (SSSR count). The van der Waals surface area contributed by atoms with Gasteiger partial charge in [0.15, 0.2) is 5.17 Å². The van der Waals surface area contributed by atoms with E-state index in [9.17, 15) is 4.79 Å². The fourth-order valence-corrected chi connectivity index (χ4v) is 3.42. The van der Waals surface area contributed by atoms with Crippen LogP contribution in [0.15, 0.2) is 52.4 Å². The lowest BCUT2D eigenvalue weighted by Gasteiger charge is -2.08. The van der Waals surface area contributed by atoms with Gasteiger partial charge in [0.05, 0.1) is 27.2 Å². The van der Waals surface area contributed by atoms with Gasteiger partial charge in [-0.25, -0.2) is 4.99 Å². The quantitative estimate of drug-likeness (QED) is 0.610. The largest absolute Gasteiger partial charge is 0.493 e. The number of hydrogen-bond acceptors (Lipinski definition) is 4. The maximum absolute atomic E-state index is 12.2. The molecule has 0 atom stereocenters. The number of aliphatic imine (C=N–C) groups is 1. The molecule has 1 amide bonds. The normalized spacial score (nSPS) is 17.0. The highest BCUT2D eigenvalue weighted by atomic mass is 35.5. The average molecular weight is 421 g/mol. The fraction of sp³-hybridized carbons (Fsp3) is 0.200. The van der Waals surface area contributed by atoms with Gasteiger partial charge in [-0.05, 0) is 53.6 Å². The second kappa shape index (κ2) is 8.83. The summed E-state index contributed by atoms with van der Waals surface area (Å²) >= 11 is 13.4. The molecule has 0 radical (unpaired) electrons. The summed E-state index contributed by atoms with van der Waals surface area (Å²) in [7, 11) is 0. The van der Waals surface area contributed by atoms with E-state index in [4.69, 9.17) is 27.9 Å². The van der Waals surface area contributed by atoms with Gasteiger partial charge >= 0.3 is 0 Å². The van der Waals surface area contributed by atoms with E-state index in [1.807, 2.05) is 30.3 Å². The highest BCUT2D eigenvalue weighted by Crippen LogP contribution is 2.34. The Morgan fingerprint density at radius 1 is 1.19 bits per heavy atom. The van der Waals surface area contributed by atoms with Crippen molar-refractivity contribution in [3.63, 3.8) is 0 Å². The molecule has 0 unspecified atom stereocenters. The molecule has 2 aromatic carbocycles. The summed E-state index contributed by atoms with van der Waals surface area (Å²) in [6.45, 7) is 4.87. The molecule has 27 heavy (non-hydrogen) atoms. The maximum atomic E-state index is 12.2. The zero-order valence-electron chi connectivity index (χ0n) is 14.8. The number of amides is 1. The number of amidine groups is 1. The number of nitrogens with one attached hydrogen (secondary N) is 1. The molecule has 0 spiro atoms. The van der Waals surface area contributed by atoms with Crippen molar-refractivity contribution in [2.24, 2.45) is 10.9 Å². The van der Waals surface area contributed by atoms with Crippen molar-refractivity contribution < 1.29 is 9.53 Å². The molecular weight excluding hydrogens is 403 g/mol. The van der Waals surface area contributed by atoms with Gasteiger partial charge in [0.25, 0.3) is 5.91 Å². The van der Waals surface area contributed by atoms with Gasteiger partial charge in [0, 0.05) is 0 Å². The van der Waals surface area contributed by atoms with Gasteiger partial charge in [-0.3, -0.25) is 4.79 Å². The zero-order valence-corrected chi connectivity index (χ0v) is 17.2. The van der Waals surface area contributed by atoms with Crippen LogP contribution in [-0.2, 0) is 4.79 Å². The van der Waals surface area contributed by atoms with Crippen molar-refractivity contribution in [2.75, 3.05) is 6.61 Å². The first-order valence-corrected chi connectivity index (χ1v) is 9.96. The van der Waals surface area contributed by atoms with Crippen molar-refractivity contribution in [2.45, 2.75) is 13.8 Å². The Balaban J connectivity index is 1.73. The summed E-state index contributed by atoms with van der Waals surface area (Å²) < 4.78 is 5.67. The zero-order chi connectivity index (χ0) is 19.4. The Morgan fingerprint density at radius 3 is 2.63 bits per heavy atom. The molecule has 1 saturated heterocycles. The third-order valence-corrected chi connectivity index (χ3v) is 5.28. The summed E-state index contributed by atoms with van der Waals surface area (Å²) in [6, 6.07) is 12.8. The van der Waals surface area contributed by atoms with Crippen LogP contribution in [0.4, 0.5) is 5.69 Å². The van der Waals surface area contributed by atoms with E-state index >= 15 is 0 Å². The lowest BCUT2D eigenvalue weighted by atomic mass is 10.2. The van der Waals surface area contributed by atoms with Crippen LogP contribution in [0.1, 0.15) is 19.4 Å². The van der Waals surface area contributed by atoms with E-state index in [1.54, 1.807) is 18.2 Å². The number of hydrogen-bond donors (Lipinski definition) is 1. The Kier molecular flexibility index (Phi) is 6.47. The highest BCUT2D eigenvalue weighted by molar-refractivity contribution is 8.18. The third-order valence-electron chi connectivity index (χ3n) is 3.57. The molecule has 0 bridgehead atoms. The van der Waals surface area contributed by atoms with Crippen LogP contribution in [0.25, 0.3) is 6.08 Å². The molecule has 7 heteroatoms. The summed E-state index contributed by atoms with van der Waals surface area (Å²) in [5, 5.41) is 3.99. The number of carbonyl (C=O) groups is 1. The van der Waals surface area contributed by atoms with Crippen LogP contribution in [0.2, 0.25) is 10.0 Å². The van der Waals surface area contributed by atoms with E-state index in [-0.39, 0.29) is 5.91 Å². The molecule has 140 valence electrons. The molecule has 0 saturated carbocycles.